The Morgan fingerprint density at radius 2 is 1.79 bits per heavy atom. The van der Waals surface area contributed by atoms with Crippen LogP contribution in [0.3, 0.4) is 0 Å². The van der Waals surface area contributed by atoms with Crippen molar-refractivity contribution in [2.75, 3.05) is 5.32 Å². The van der Waals surface area contributed by atoms with Crippen LogP contribution in [0.1, 0.15) is 47.6 Å². The SMILES string of the molecule is Cc1n[nH]c(C)c1-c1ccc(NC(=O)[C@@H](NC(=O)c2ccnn2C)C2C3CCCCC32)cc1. The fourth-order valence-electron chi connectivity index (χ4n) is 5.61. The maximum absolute atomic E-state index is 13.4. The van der Waals surface area contributed by atoms with Crippen molar-refractivity contribution in [3.63, 3.8) is 0 Å². The molecule has 33 heavy (non-hydrogen) atoms. The van der Waals surface area contributed by atoms with Crippen molar-refractivity contribution >= 4 is 17.5 Å². The molecule has 2 aliphatic carbocycles. The lowest BCUT2D eigenvalue weighted by atomic mass is 10.0. The van der Waals surface area contributed by atoms with E-state index in [9.17, 15) is 9.59 Å². The van der Waals surface area contributed by atoms with Crippen molar-refractivity contribution in [2.24, 2.45) is 24.8 Å². The van der Waals surface area contributed by atoms with E-state index >= 15 is 0 Å². The topological polar surface area (TPSA) is 105 Å². The highest BCUT2D eigenvalue weighted by Gasteiger charge is 2.56. The summed E-state index contributed by atoms with van der Waals surface area (Å²) in [5.41, 5.74) is 5.25. The molecule has 5 rings (SSSR count). The molecule has 8 heteroatoms. The van der Waals surface area contributed by atoms with Crippen molar-refractivity contribution in [2.45, 2.75) is 45.6 Å². The quantitative estimate of drug-likeness (QED) is 0.538. The molecule has 2 aromatic heterocycles. The molecule has 2 heterocycles. The second kappa shape index (κ2) is 8.50. The van der Waals surface area contributed by atoms with E-state index in [4.69, 9.17) is 0 Å². The average molecular weight is 447 g/mol. The Labute approximate surface area is 193 Å². The predicted octanol–water partition coefficient (Wildman–Crippen LogP) is 3.60. The molecule has 3 atom stereocenters. The van der Waals surface area contributed by atoms with Crippen LogP contribution in [0.5, 0.6) is 0 Å². The third-order valence-electron chi connectivity index (χ3n) is 7.30. The molecule has 2 fully saturated rings. The number of nitrogens with zero attached hydrogens (tertiary/aromatic N) is 3. The van der Waals surface area contributed by atoms with E-state index < -0.39 is 6.04 Å². The van der Waals surface area contributed by atoms with Crippen LogP contribution in [0.4, 0.5) is 5.69 Å². The van der Waals surface area contributed by atoms with E-state index in [2.05, 4.69) is 25.9 Å². The minimum absolute atomic E-state index is 0.159. The molecule has 2 aliphatic rings. The molecule has 1 aromatic carbocycles. The number of H-pyrrole nitrogens is 1. The van der Waals surface area contributed by atoms with Crippen molar-refractivity contribution in [1.82, 2.24) is 25.3 Å². The maximum Gasteiger partial charge on any atom is 0.270 e. The highest BCUT2D eigenvalue weighted by atomic mass is 16.2. The van der Waals surface area contributed by atoms with Gasteiger partial charge in [0, 0.05) is 30.2 Å². The van der Waals surface area contributed by atoms with Crippen molar-refractivity contribution in [1.29, 1.82) is 0 Å². The summed E-state index contributed by atoms with van der Waals surface area (Å²) in [4.78, 5) is 26.3. The molecule has 0 bridgehead atoms. The van der Waals surface area contributed by atoms with Crippen LogP contribution in [0, 0.1) is 31.6 Å². The summed E-state index contributed by atoms with van der Waals surface area (Å²) in [7, 11) is 1.73. The number of carbonyl (C=O) groups is 2. The van der Waals surface area contributed by atoms with Crippen LogP contribution in [-0.2, 0) is 11.8 Å². The third kappa shape index (κ3) is 4.05. The number of hydrogen-bond donors (Lipinski definition) is 3. The zero-order valence-electron chi connectivity index (χ0n) is 19.3. The Bertz CT molecular complexity index is 1150. The summed E-state index contributed by atoms with van der Waals surface area (Å²) < 4.78 is 1.53. The molecular formula is C25H30N6O2. The Balaban J connectivity index is 1.34. The molecule has 3 aromatic rings. The number of aromatic nitrogens is 4. The highest BCUT2D eigenvalue weighted by molar-refractivity contribution is 6.01. The van der Waals surface area contributed by atoms with Crippen LogP contribution in [0.25, 0.3) is 11.1 Å². The van der Waals surface area contributed by atoms with Crippen molar-refractivity contribution in [3.05, 3.63) is 53.6 Å². The standard InChI is InChI=1S/C25H30N6O2/c1-14-21(15(2)30-29-14)16-8-10-17(11-9-16)27-25(33)23(22-18-6-4-5-7-19(18)22)28-24(32)20-12-13-26-31(20)3/h8-13,18-19,22-23H,4-7H2,1-3H3,(H,27,33)(H,28,32)(H,29,30)/t18?,19?,22?,23-/m0/s1. The van der Waals surface area contributed by atoms with Gasteiger partial charge in [-0.25, -0.2) is 0 Å². The summed E-state index contributed by atoms with van der Waals surface area (Å²) in [6.45, 7) is 3.97. The third-order valence-corrected chi connectivity index (χ3v) is 7.30. The summed E-state index contributed by atoms with van der Waals surface area (Å²) >= 11 is 0. The number of fused-ring (bicyclic) bond motifs is 1. The Morgan fingerprint density at radius 1 is 1.09 bits per heavy atom. The lowest BCUT2D eigenvalue weighted by Crippen LogP contribution is -2.46. The number of amides is 2. The number of nitrogens with one attached hydrogen (secondary N) is 3. The van der Waals surface area contributed by atoms with Gasteiger partial charge in [0.1, 0.15) is 11.7 Å². The zero-order chi connectivity index (χ0) is 23.1. The zero-order valence-corrected chi connectivity index (χ0v) is 19.3. The first-order valence-electron chi connectivity index (χ1n) is 11.7. The number of aryl methyl sites for hydroxylation is 3. The highest BCUT2D eigenvalue weighted by Crippen LogP contribution is 2.57. The molecule has 0 saturated heterocycles. The van der Waals surface area contributed by atoms with E-state index in [0.29, 0.717) is 23.2 Å². The molecule has 2 saturated carbocycles. The summed E-state index contributed by atoms with van der Waals surface area (Å²) in [5, 5.41) is 17.4. The smallest absolute Gasteiger partial charge is 0.270 e. The van der Waals surface area contributed by atoms with Crippen LogP contribution in [-0.4, -0.2) is 37.8 Å². The monoisotopic (exact) mass is 446 g/mol. The van der Waals surface area contributed by atoms with Gasteiger partial charge in [0.05, 0.1) is 5.69 Å². The second-order valence-corrected chi connectivity index (χ2v) is 9.36. The van der Waals surface area contributed by atoms with Gasteiger partial charge < -0.3 is 10.6 Å². The fourth-order valence-corrected chi connectivity index (χ4v) is 5.61. The molecule has 2 amide bonds. The van der Waals surface area contributed by atoms with Gasteiger partial charge in [0.25, 0.3) is 5.91 Å². The molecule has 0 spiro atoms. The summed E-state index contributed by atoms with van der Waals surface area (Å²) in [5.74, 6) is 0.820. The van der Waals surface area contributed by atoms with Gasteiger partial charge in [-0.1, -0.05) is 25.0 Å². The number of anilines is 1. The van der Waals surface area contributed by atoms with Gasteiger partial charge in [0.15, 0.2) is 0 Å². The number of benzene rings is 1. The van der Waals surface area contributed by atoms with Gasteiger partial charge in [0.2, 0.25) is 5.91 Å². The fraction of sp³-hybridized carbons (Fsp3) is 0.440. The largest absolute Gasteiger partial charge is 0.339 e. The molecule has 2 unspecified atom stereocenters. The number of rotatable bonds is 6. The van der Waals surface area contributed by atoms with Gasteiger partial charge in [-0.05, 0) is 68.2 Å². The van der Waals surface area contributed by atoms with Gasteiger partial charge >= 0.3 is 0 Å². The second-order valence-electron chi connectivity index (χ2n) is 9.36. The molecule has 0 radical (unpaired) electrons. The van der Waals surface area contributed by atoms with Crippen molar-refractivity contribution in [3.8, 4) is 11.1 Å². The van der Waals surface area contributed by atoms with Crippen molar-refractivity contribution < 1.29 is 9.59 Å². The summed E-state index contributed by atoms with van der Waals surface area (Å²) in [6.07, 6.45) is 6.27. The lowest BCUT2D eigenvalue weighted by molar-refractivity contribution is -0.118. The minimum atomic E-state index is -0.557. The maximum atomic E-state index is 13.4. The Morgan fingerprint density at radius 3 is 2.36 bits per heavy atom. The van der Waals surface area contributed by atoms with Gasteiger partial charge in [-0.15, -0.1) is 0 Å². The first-order chi connectivity index (χ1) is 15.9. The lowest BCUT2D eigenvalue weighted by Gasteiger charge is -2.19. The number of hydrogen-bond acceptors (Lipinski definition) is 4. The van der Waals surface area contributed by atoms with Crippen LogP contribution in [0.15, 0.2) is 36.5 Å². The van der Waals surface area contributed by atoms with E-state index in [1.54, 1.807) is 19.3 Å². The molecule has 8 nitrogen and oxygen atoms in total. The van der Waals surface area contributed by atoms with Crippen LogP contribution < -0.4 is 10.6 Å². The average Bonchev–Trinajstić information content (AvgIpc) is 3.19. The van der Waals surface area contributed by atoms with Crippen LogP contribution >= 0.6 is 0 Å². The molecule has 0 aliphatic heterocycles. The number of carbonyl (C=O) groups excluding carboxylic acids is 2. The first kappa shape index (κ1) is 21.4. The molecular weight excluding hydrogens is 416 g/mol. The van der Waals surface area contributed by atoms with E-state index in [0.717, 1.165) is 35.4 Å². The van der Waals surface area contributed by atoms with E-state index in [1.165, 1.54) is 17.5 Å². The minimum Gasteiger partial charge on any atom is -0.339 e. The normalized spacial score (nSPS) is 22.3. The predicted molar refractivity (Wildman–Crippen MR) is 126 cm³/mol. The number of aromatic amines is 1. The Kier molecular flexibility index (Phi) is 5.52. The van der Waals surface area contributed by atoms with Gasteiger partial charge in [-0.3, -0.25) is 19.4 Å². The molecule has 172 valence electrons. The first-order valence-corrected chi connectivity index (χ1v) is 11.7. The summed E-state index contributed by atoms with van der Waals surface area (Å²) in [6, 6.07) is 8.89. The van der Waals surface area contributed by atoms with E-state index in [1.807, 2.05) is 38.1 Å². The van der Waals surface area contributed by atoms with Gasteiger partial charge in [-0.2, -0.15) is 10.2 Å². The molecule has 3 N–H and O–H groups in total. The Hall–Kier alpha value is -3.42. The van der Waals surface area contributed by atoms with E-state index in [-0.39, 0.29) is 17.7 Å². The van der Waals surface area contributed by atoms with Crippen LogP contribution in [0.2, 0.25) is 0 Å².